The fourth-order valence-corrected chi connectivity index (χ4v) is 2.82. The maximum Gasteiger partial charge on any atom is 0.419 e. The van der Waals surface area contributed by atoms with Crippen molar-refractivity contribution in [2.24, 2.45) is 0 Å². The third-order valence-electron chi connectivity index (χ3n) is 3.30. The quantitative estimate of drug-likeness (QED) is 0.725. The van der Waals surface area contributed by atoms with Gasteiger partial charge in [0.1, 0.15) is 0 Å². The lowest BCUT2D eigenvalue weighted by Crippen LogP contribution is -2.19. The van der Waals surface area contributed by atoms with Gasteiger partial charge in [-0.1, -0.05) is 33.6 Å². The van der Waals surface area contributed by atoms with E-state index in [1.807, 2.05) is 12.1 Å². The predicted octanol–water partition coefficient (Wildman–Crippen LogP) is 4.04. The Hall–Kier alpha value is -2.05. The van der Waals surface area contributed by atoms with Crippen molar-refractivity contribution in [3.63, 3.8) is 0 Å². The van der Waals surface area contributed by atoms with Crippen molar-refractivity contribution < 1.29 is 9.21 Å². The lowest BCUT2D eigenvalue weighted by atomic mass is 10.3. The summed E-state index contributed by atoms with van der Waals surface area (Å²) < 4.78 is 7.43. The van der Waals surface area contributed by atoms with Gasteiger partial charge in [-0.25, -0.2) is 4.79 Å². The third-order valence-corrected chi connectivity index (χ3v) is 4.03. The van der Waals surface area contributed by atoms with Crippen LogP contribution in [0.4, 0.5) is 5.69 Å². The molecule has 0 saturated carbocycles. The molecule has 23 heavy (non-hydrogen) atoms. The number of hydrogen-bond acceptors (Lipinski definition) is 3. The number of aromatic nitrogens is 1. The Morgan fingerprint density at radius 1 is 1.26 bits per heavy atom. The van der Waals surface area contributed by atoms with E-state index in [0.717, 1.165) is 4.47 Å². The normalized spacial score (nSPS) is 10.9. The largest absolute Gasteiger partial charge is 0.419 e. The number of aryl methyl sites for hydroxylation is 1. The van der Waals surface area contributed by atoms with Crippen molar-refractivity contribution in [2.45, 2.75) is 13.0 Å². The monoisotopic (exact) mass is 394 g/mol. The van der Waals surface area contributed by atoms with Gasteiger partial charge in [-0.05, 0) is 30.3 Å². The van der Waals surface area contributed by atoms with E-state index in [1.54, 1.807) is 30.3 Å². The van der Waals surface area contributed by atoms with Crippen LogP contribution in [-0.2, 0) is 11.3 Å². The van der Waals surface area contributed by atoms with E-state index in [9.17, 15) is 9.59 Å². The molecule has 0 fully saturated rings. The summed E-state index contributed by atoms with van der Waals surface area (Å²) in [6, 6.07) is 12.3. The first-order valence-corrected chi connectivity index (χ1v) is 8.04. The van der Waals surface area contributed by atoms with Crippen LogP contribution < -0.4 is 11.1 Å². The van der Waals surface area contributed by atoms with E-state index in [4.69, 9.17) is 16.0 Å². The number of carbonyl (C=O) groups excluding carboxylic acids is 1. The molecule has 0 aliphatic rings. The van der Waals surface area contributed by atoms with Crippen molar-refractivity contribution in [2.75, 3.05) is 5.32 Å². The Balaban J connectivity index is 1.72. The summed E-state index contributed by atoms with van der Waals surface area (Å²) in [5, 5.41) is 3.28. The number of fused-ring (bicyclic) bond motifs is 1. The van der Waals surface area contributed by atoms with E-state index >= 15 is 0 Å². The Bertz CT molecular complexity index is 932. The molecular formula is C16H12BrClN2O3. The number of amides is 1. The van der Waals surface area contributed by atoms with E-state index in [0.29, 0.717) is 21.8 Å². The standard InChI is InChI=1S/C16H12BrClN2O3/c17-10-2-1-3-12(8-10)19-15(21)6-7-20-13-5-4-11(18)9-14(13)23-16(20)22/h1-5,8-9H,6-7H2,(H,19,21). The zero-order valence-electron chi connectivity index (χ0n) is 11.9. The number of nitrogens with one attached hydrogen (secondary N) is 1. The number of anilines is 1. The maximum absolute atomic E-state index is 12.0. The molecule has 3 aromatic rings. The smallest absolute Gasteiger partial charge is 0.408 e. The van der Waals surface area contributed by atoms with Crippen molar-refractivity contribution in [1.82, 2.24) is 4.57 Å². The van der Waals surface area contributed by atoms with Crippen LogP contribution in [0.15, 0.2) is 56.1 Å². The highest BCUT2D eigenvalue weighted by molar-refractivity contribution is 9.10. The summed E-state index contributed by atoms with van der Waals surface area (Å²) in [6.07, 6.45) is 0.156. The Kier molecular flexibility index (Phi) is 4.54. The molecule has 1 amide bonds. The molecule has 1 N–H and O–H groups in total. The zero-order chi connectivity index (χ0) is 16.4. The lowest BCUT2D eigenvalue weighted by Gasteiger charge is -2.06. The molecule has 0 unspecified atom stereocenters. The molecule has 0 aliphatic carbocycles. The number of benzene rings is 2. The maximum atomic E-state index is 12.0. The number of rotatable bonds is 4. The summed E-state index contributed by atoms with van der Waals surface area (Å²) in [5.41, 5.74) is 1.73. The molecular weight excluding hydrogens is 384 g/mol. The molecule has 7 heteroatoms. The highest BCUT2D eigenvalue weighted by Gasteiger charge is 2.11. The molecule has 0 atom stereocenters. The van der Waals surface area contributed by atoms with Crippen molar-refractivity contribution in [3.8, 4) is 0 Å². The minimum atomic E-state index is -0.502. The van der Waals surface area contributed by atoms with Gasteiger partial charge in [0.15, 0.2) is 5.58 Å². The molecule has 0 bridgehead atoms. The first-order chi connectivity index (χ1) is 11.0. The fourth-order valence-electron chi connectivity index (χ4n) is 2.26. The molecule has 1 heterocycles. The van der Waals surface area contributed by atoms with Gasteiger partial charge in [0, 0.05) is 34.2 Å². The van der Waals surface area contributed by atoms with E-state index in [2.05, 4.69) is 21.2 Å². The van der Waals surface area contributed by atoms with Crippen LogP contribution in [0.5, 0.6) is 0 Å². The third kappa shape index (κ3) is 3.65. The van der Waals surface area contributed by atoms with Crippen LogP contribution in [0.1, 0.15) is 6.42 Å². The molecule has 5 nitrogen and oxygen atoms in total. The van der Waals surface area contributed by atoms with E-state index in [-0.39, 0.29) is 18.9 Å². The molecule has 0 spiro atoms. The summed E-state index contributed by atoms with van der Waals surface area (Å²) in [4.78, 5) is 23.9. The van der Waals surface area contributed by atoms with E-state index in [1.165, 1.54) is 4.57 Å². The van der Waals surface area contributed by atoms with Crippen LogP contribution in [0.3, 0.4) is 0 Å². The summed E-state index contributed by atoms with van der Waals surface area (Å²) in [7, 11) is 0. The molecule has 3 rings (SSSR count). The average molecular weight is 396 g/mol. The Morgan fingerprint density at radius 3 is 2.87 bits per heavy atom. The second-order valence-corrected chi connectivity index (χ2v) is 6.29. The Labute approximate surface area is 145 Å². The SMILES string of the molecule is O=C(CCn1c(=O)oc2cc(Cl)ccc21)Nc1cccc(Br)c1. The average Bonchev–Trinajstić information content (AvgIpc) is 2.79. The van der Waals surface area contributed by atoms with Gasteiger partial charge in [-0.2, -0.15) is 0 Å². The van der Waals surface area contributed by atoms with Crippen LogP contribution in [0.2, 0.25) is 5.02 Å². The first-order valence-electron chi connectivity index (χ1n) is 6.87. The van der Waals surface area contributed by atoms with Gasteiger partial charge in [-0.15, -0.1) is 0 Å². The van der Waals surface area contributed by atoms with Crippen LogP contribution in [-0.4, -0.2) is 10.5 Å². The highest BCUT2D eigenvalue weighted by atomic mass is 79.9. The molecule has 0 saturated heterocycles. The van der Waals surface area contributed by atoms with Gasteiger partial charge in [-0.3, -0.25) is 9.36 Å². The fraction of sp³-hybridized carbons (Fsp3) is 0.125. The lowest BCUT2D eigenvalue weighted by molar-refractivity contribution is -0.116. The summed E-state index contributed by atoms with van der Waals surface area (Å²) >= 11 is 9.22. The van der Waals surface area contributed by atoms with Gasteiger partial charge >= 0.3 is 5.76 Å². The zero-order valence-corrected chi connectivity index (χ0v) is 14.2. The van der Waals surface area contributed by atoms with Crippen molar-refractivity contribution in [1.29, 1.82) is 0 Å². The topological polar surface area (TPSA) is 64.2 Å². The van der Waals surface area contributed by atoms with Crippen LogP contribution in [0, 0.1) is 0 Å². The number of oxazole rings is 1. The predicted molar refractivity (Wildman–Crippen MR) is 92.9 cm³/mol. The number of nitrogens with zero attached hydrogens (tertiary/aromatic N) is 1. The van der Waals surface area contributed by atoms with E-state index < -0.39 is 5.76 Å². The minimum Gasteiger partial charge on any atom is -0.408 e. The second-order valence-electron chi connectivity index (χ2n) is 4.94. The summed E-state index contributed by atoms with van der Waals surface area (Å²) in [6.45, 7) is 0.229. The highest BCUT2D eigenvalue weighted by Crippen LogP contribution is 2.19. The first kappa shape index (κ1) is 15.8. The molecule has 1 aromatic heterocycles. The molecule has 0 aliphatic heterocycles. The van der Waals surface area contributed by atoms with Gasteiger partial charge in [0.25, 0.3) is 0 Å². The molecule has 118 valence electrons. The number of halogens is 2. The van der Waals surface area contributed by atoms with Crippen LogP contribution >= 0.6 is 27.5 Å². The van der Waals surface area contributed by atoms with Gasteiger partial charge < -0.3 is 9.73 Å². The number of hydrogen-bond donors (Lipinski definition) is 1. The van der Waals surface area contributed by atoms with Crippen LogP contribution in [0.25, 0.3) is 11.1 Å². The molecule has 0 radical (unpaired) electrons. The number of carbonyl (C=O) groups is 1. The van der Waals surface area contributed by atoms with Crippen molar-refractivity contribution in [3.05, 3.63) is 62.5 Å². The van der Waals surface area contributed by atoms with Gasteiger partial charge in [0.05, 0.1) is 5.52 Å². The minimum absolute atomic E-state index is 0.156. The molecule has 2 aromatic carbocycles. The van der Waals surface area contributed by atoms with Crippen molar-refractivity contribution >= 4 is 50.2 Å². The Morgan fingerprint density at radius 2 is 2.09 bits per heavy atom. The summed E-state index contributed by atoms with van der Waals surface area (Å²) in [5.74, 6) is -0.684. The van der Waals surface area contributed by atoms with Gasteiger partial charge in [0.2, 0.25) is 5.91 Å². The second kappa shape index (κ2) is 6.60.